The number of benzene rings is 1. The molecule has 0 bridgehead atoms. The van der Waals surface area contributed by atoms with Crippen LogP contribution in [-0.4, -0.2) is 15.0 Å². The maximum Gasteiger partial charge on any atom is 0.332 e. The molecular weight excluding hydrogens is 282 g/mol. The van der Waals surface area contributed by atoms with Gasteiger partial charge < -0.3 is 5.32 Å². The largest absolute Gasteiger partial charge is 0.332 e. The average molecular weight is 299 g/mol. The van der Waals surface area contributed by atoms with E-state index in [4.69, 9.17) is 0 Å². The van der Waals surface area contributed by atoms with E-state index in [2.05, 4.69) is 5.32 Å². The molecule has 0 fully saturated rings. The highest BCUT2D eigenvalue weighted by molar-refractivity contribution is 5.94. The number of aromatic nitrogens is 2. The zero-order valence-electron chi connectivity index (χ0n) is 12.7. The van der Waals surface area contributed by atoms with Crippen LogP contribution in [0.15, 0.2) is 33.9 Å². The van der Waals surface area contributed by atoms with Gasteiger partial charge in [0.1, 0.15) is 5.82 Å². The molecule has 0 saturated carbocycles. The number of nitrogens with zero attached hydrogens (tertiary/aromatic N) is 2. The van der Waals surface area contributed by atoms with Crippen LogP contribution >= 0.6 is 0 Å². The van der Waals surface area contributed by atoms with Crippen molar-refractivity contribution in [3.8, 4) is 0 Å². The standard InChI is InChI=1S/C16H17N3O3/c1-9-4-6-10(7-5-9)11-8-12(20)17-14-13(11)15(21)19(3)16(22)18(14)2/h4-7,11H,8H2,1-3H3,(H,17,20). The van der Waals surface area contributed by atoms with E-state index in [0.29, 0.717) is 11.4 Å². The molecule has 0 aliphatic carbocycles. The number of carbonyl (C=O) groups is 1. The van der Waals surface area contributed by atoms with Gasteiger partial charge in [0.2, 0.25) is 5.91 Å². The maximum atomic E-state index is 12.5. The molecule has 1 aliphatic rings. The number of hydrogen-bond acceptors (Lipinski definition) is 3. The molecule has 1 atom stereocenters. The van der Waals surface area contributed by atoms with Gasteiger partial charge in [-0.3, -0.25) is 18.7 Å². The Labute approximate surface area is 127 Å². The third kappa shape index (κ3) is 2.07. The van der Waals surface area contributed by atoms with E-state index in [0.717, 1.165) is 15.7 Å². The summed E-state index contributed by atoms with van der Waals surface area (Å²) in [6.45, 7) is 1.98. The van der Waals surface area contributed by atoms with Crippen LogP contribution in [0, 0.1) is 6.92 Å². The summed E-state index contributed by atoms with van der Waals surface area (Å²) in [6.07, 6.45) is 0.198. The van der Waals surface area contributed by atoms with Gasteiger partial charge >= 0.3 is 5.69 Å². The smallest absolute Gasteiger partial charge is 0.312 e. The summed E-state index contributed by atoms with van der Waals surface area (Å²) >= 11 is 0. The number of aryl methyl sites for hydroxylation is 1. The molecule has 114 valence electrons. The second-order valence-corrected chi connectivity index (χ2v) is 5.68. The summed E-state index contributed by atoms with van der Waals surface area (Å²) in [5.74, 6) is -0.230. The Morgan fingerprint density at radius 1 is 1.05 bits per heavy atom. The number of nitrogens with one attached hydrogen (secondary N) is 1. The van der Waals surface area contributed by atoms with Crippen LogP contribution in [0.5, 0.6) is 0 Å². The Morgan fingerprint density at radius 2 is 1.68 bits per heavy atom. The Kier molecular flexibility index (Phi) is 3.24. The van der Waals surface area contributed by atoms with Crippen LogP contribution in [0.3, 0.4) is 0 Å². The molecule has 6 heteroatoms. The summed E-state index contributed by atoms with van der Waals surface area (Å²) in [6, 6.07) is 7.75. The first-order valence-corrected chi connectivity index (χ1v) is 7.06. The molecule has 0 radical (unpaired) electrons. The minimum atomic E-state index is -0.450. The number of fused-ring (bicyclic) bond motifs is 1. The zero-order valence-corrected chi connectivity index (χ0v) is 12.7. The Bertz CT molecular complexity index is 875. The molecule has 1 aliphatic heterocycles. The van der Waals surface area contributed by atoms with Gasteiger partial charge in [0, 0.05) is 26.4 Å². The van der Waals surface area contributed by atoms with Crippen LogP contribution < -0.4 is 16.6 Å². The van der Waals surface area contributed by atoms with Gasteiger partial charge in [-0.25, -0.2) is 4.79 Å². The minimum absolute atomic E-state index is 0.193. The van der Waals surface area contributed by atoms with Crippen molar-refractivity contribution in [2.45, 2.75) is 19.3 Å². The van der Waals surface area contributed by atoms with E-state index in [1.807, 2.05) is 31.2 Å². The van der Waals surface area contributed by atoms with Crippen molar-refractivity contribution in [1.29, 1.82) is 0 Å². The van der Waals surface area contributed by atoms with E-state index in [1.165, 1.54) is 11.6 Å². The second-order valence-electron chi connectivity index (χ2n) is 5.68. The quantitative estimate of drug-likeness (QED) is 0.849. The lowest BCUT2D eigenvalue weighted by Crippen LogP contribution is -2.44. The third-order valence-corrected chi connectivity index (χ3v) is 4.17. The highest BCUT2D eigenvalue weighted by atomic mass is 16.2. The number of rotatable bonds is 1. The van der Waals surface area contributed by atoms with Crippen molar-refractivity contribution in [2.24, 2.45) is 14.1 Å². The van der Waals surface area contributed by atoms with E-state index in [-0.39, 0.29) is 23.8 Å². The lowest BCUT2D eigenvalue weighted by atomic mass is 9.86. The highest BCUT2D eigenvalue weighted by Gasteiger charge is 2.32. The predicted octanol–water partition coefficient (Wildman–Crippen LogP) is 0.867. The molecule has 1 aromatic heterocycles. The summed E-state index contributed by atoms with van der Waals surface area (Å²) in [7, 11) is 3.01. The summed E-state index contributed by atoms with van der Waals surface area (Å²) < 4.78 is 2.40. The van der Waals surface area contributed by atoms with E-state index < -0.39 is 5.69 Å². The SMILES string of the molecule is Cc1ccc(C2CC(=O)Nc3c2c(=O)n(C)c(=O)n3C)cc1. The molecule has 1 aromatic carbocycles. The van der Waals surface area contributed by atoms with Crippen LogP contribution in [0.25, 0.3) is 0 Å². The Hall–Kier alpha value is -2.63. The molecular formula is C16H17N3O3. The number of anilines is 1. The van der Waals surface area contributed by atoms with Crippen LogP contribution in [0.4, 0.5) is 5.82 Å². The number of carbonyl (C=O) groups excluding carboxylic acids is 1. The van der Waals surface area contributed by atoms with Crippen molar-refractivity contribution in [2.75, 3.05) is 5.32 Å². The third-order valence-electron chi connectivity index (χ3n) is 4.17. The summed E-state index contributed by atoms with van der Waals surface area (Å²) in [5, 5.41) is 2.66. The van der Waals surface area contributed by atoms with Gasteiger partial charge in [0.25, 0.3) is 5.56 Å². The van der Waals surface area contributed by atoms with E-state index >= 15 is 0 Å². The lowest BCUT2D eigenvalue weighted by molar-refractivity contribution is -0.116. The van der Waals surface area contributed by atoms with Gasteiger partial charge in [-0.2, -0.15) is 0 Å². The molecule has 1 amide bonds. The highest BCUT2D eigenvalue weighted by Crippen LogP contribution is 2.33. The summed E-state index contributed by atoms with van der Waals surface area (Å²) in [5.41, 5.74) is 1.67. The van der Waals surface area contributed by atoms with Crippen molar-refractivity contribution in [1.82, 2.24) is 9.13 Å². The molecule has 3 rings (SSSR count). The van der Waals surface area contributed by atoms with Crippen molar-refractivity contribution >= 4 is 11.7 Å². The predicted molar refractivity (Wildman–Crippen MR) is 83.2 cm³/mol. The van der Waals surface area contributed by atoms with Gasteiger partial charge in [-0.05, 0) is 12.5 Å². The molecule has 1 N–H and O–H groups in total. The fraction of sp³-hybridized carbons (Fsp3) is 0.312. The molecule has 2 aromatic rings. The van der Waals surface area contributed by atoms with Crippen molar-refractivity contribution in [3.05, 3.63) is 61.8 Å². The molecule has 2 heterocycles. The number of amides is 1. The van der Waals surface area contributed by atoms with Crippen LogP contribution in [0.1, 0.15) is 29.0 Å². The first-order chi connectivity index (χ1) is 10.4. The van der Waals surface area contributed by atoms with Gasteiger partial charge in [-0.15, -0.1) is 0 Å². The van der Waals surface area contributed by atoms with Gasteiger partial charge in [0.15, 0.2) is 0 Å². The van der Waals surface area contributed by atoms with Gasteiger partial charge in [0.05, 0.1) is 5.56 Å². The van der Waals surface area contributed by atoms with E-state index in [1.54, 1.807) is 7.05 Å². The number of hydrogen-bond donors (Lipinski definition) is 1. The first-order valence-electron chi connectivity index (χ1n) is 7.06. The molecule has 22 heavy (non-hydrogen) atoms. The van der Waals surface area contributed by atoms with E-state index in [9.17, 15) is 14.4 Å². The zero-order chi connectivity index (χ0) is 16.0. The molecule has 6 nitrogen and oxygen atoms in total. The van der Waals surface area contributed by atoms with Crippen molar-refractivity contribution in [3.63, 3.8) is 0 Å². The molecule has 0 saturated heterocycles. The maximum absolute atomic E-state index is 12.5. The Balaban J connectivity index is 2.30. The topological polar surface area (TPSA) is 73.1 Å². The lowest BCUT2D eigenvalue weighted by Gasteiger charge is -2.27. The molecule has 1 unspecified atom stereocenters. The van der Waals surface area contributed by atoms with Crippen LogP contribution in [0.2, 0.25) is 0 Å². The second kappa shape index (κ2) is 4.98. The van der Waals surface area contributed by atoms with Crippen molar-refractivity contribution < 1.29 is 4.79 Å². The molecule has 0 spiro atoms. The minimum Gasteiger partial charge on any atom is -0.312 e. The first kappa shape index (κ1) is 14.3. The fourth-order valence-corrected chi connectivity index (χ4v) is 2.89. The van der Waals surface area contributed by atoms with Crippen LogP contribution in [-0.2, 0) is 18.9 Å². The normalized spacial score (nSPS) is 17.0. The Morgan fingerprint density at radius 3 is 2.32 bits per heavy atom. The van der Waals surface area contributed by atoms with Gasteiger partial charge in [-0.1, -0.05) is 29.8 Å². The summed E-state index contributed by atoms with van der Waals surface area (Å²) in [4.78, 5) is 36.6. The average Bonchev–Trinajstić information content (AvgIpc) is 2.50. The monoisotopic (exact) mass is 299 g/mol. The fourth-order valence-electron chi connectivity index (χ4n) is 2.89.